The van der Waals surface area contributed by atoms with Crippen LogP contribution in [0.15, 0.2) is 21.2 Å². The first-order chi connectivity index (χ1) is 13.2. The zero-order valence-electron chi connectivity index (χ0n) is 15.2. The smallest absolute Gasteiger partial charge is 0.204 e. The number of morpholine rings is 1. The van der Waals surface area contributed by atoms with Gasteiger partial charge >= 0.3 is 0 Å². The van der Waals surface area contributed by atoms with E-state index in [9.17, 15) is 0 Å². The van der Waals surface area contributed by atoms with Crippen LogP contribution in [0.3, 0.4) is 0 Å². The van der Waals surface area contributed by atoms with Gasteiger partial charge in [-0.05, 0) is 54.5 Å². The normalized spacial score (nSPS) is 31.1. The molecule has 0 spiro atoms. The SMILES string of the molecule is N#Cc1cc2c(Br)c(NC3CCC(N4CC5CCC4CO5)CC3)ncc2o1. The molecule has 2 aromatic heterocycles. The zero-order valence-corrected chi connectivity index (χ0v) is 16.7. The molecule has 27 heavy (non-hydrogen) atoms. The average Bonchev–Trinajstić information content (AvgIpc) is 3.16. The van der Waals surface area contributed by atoms with Crippen molar-refractivity contribution in [2.24, 2.45) is 0 Å². The molecule has 6 rings (SSSR count). The van der Waals surface area contributed by atoms with Crippen LogP contribution < -0.4 is 5.32 Å². The Kier molecular flexibility index (Phi) is 4.58. The Bertz CT molecular complexity index is 876. The number of rotatable bonds is 3. The molecule has 3 aliphatic heterocycles. The topological polar surface area (TPSA) is 74.3 Å². The van der Waals surface area contributed by atoms with Gasteiger partial charge in [0.05, 0.1) is 23.4 Å². The van der Waals surface area contributed by atoms with Gasteiger partial charge in [-0.2, -0.15) is 5.26 Å². The minimum atomic E-state index is 0.310. The summed E-state index contributed by atoms with van der Waals surface area (Å²) in [6.07, 6.45) is 9.46. The predicted octanol–water partition coefficient (Wildman–Crippen LogP) is 4.05. The number of ether oxygens (including phenoxy) is 1. The van der Waals surface area contributed by atoms with Crippen LogP contribution in [-0.4, -0.2) is 47.3 Å². The highest BCUT2D eigenvalue weighted by atomic mass is 79.9. The van der Waals surface area contributed by atoms with Gasteiger partial charge in [-0.25, -0.2) is 4.98 Å². The fourth-order valence-corrected chi connectivity index (χ4v) is 5.44. The van der Waals surface area contributed by atoms with Crippen molar-refractivity contribution in [2.75, 3.05) is 18.5 Å². The first-order valence-electron chi connectivity index (χ1n) is 9.83. The molecule has 6 nitrogen and oxygen atoms in total. The molecular formula is C20H23BrN4O2. The lowest BCUT2D eigenvalue weighted by atomic mass is 9.86. The van der Waals surface area contributed by atoms with Crippen molar-refractivity contribution in [3.8, 4) is 6.07 Å². The van der Waals surface area contributed by atoms with Crippen molar-refractivity contribution in [3.63, 3.8) is 0 Å². The lowest BCUT2D eigenvalue weighted by Gasteiger charge is -2.50. The Labute approximate surface area is 167 Å². The summed E-state index contributed by atoms with van der Waals surface area (Å²) in [5.41, 5.74) is 0.634. The highest BCUT2D eigenvalue weighted by Crippen LogP contribution is 2.36. The van der Waals surface area contributed by atoms with Gasteiger partial charge in [0.25, 0.3) is 0 Å². The van der Waals surface area contributed by atoms with E-state index in [1.54, 1.807) is 12.3 Å². The highest BCUT2D eigenvalue weighted by molar-refractivity contribution is 9.10. The van der Waals surface area contributed by atoms with Gasteiger partial charge in [-0.15, -0.1) is 0 Å². The van der Waals surface area contributed by atoms with E-state index < -0.39 is 0 Å². The number of nitriles is 1. The van der Waals surface area contributed by atoms with Crippen molar-refractivity contribution in [1.29, 1.82) is 5.26 Å². The van der Waals surface area contributed by atoms with Crippen molar-refractivity contribution in [3.05, 3.63) is 22.5 Å². The van der Waals surface area contributed by atoms with E-state index in [4.69, 9.17) is 14.4 Å². The maximum Gasteiger partial charge on any atom is 0.204 e. The summed E-state index contributed by atoms with van der Waals surface area (Å²) in [6, 6.07) is 5.57. The van der Waals surface area contributed by atoms with Gasteiger partial charge in [-0.1, -0.05) is 0 Å². The van der Waals surface area contributed by atoms with Gasteiger partial charge in [-0.3, -0.25) is 4.90 Å². The number of hydrogen-bond donors (Lipinski definition) is 1. The van der Waals surface area contributed by atoms with E-state index in [0.717, 1.165) is 41.7 Å². The molecule has 1 N–H and O–H groups in total. The van der Waals surface area contributed by atoms with Crippen LogP contribution in [0.25, 0.3) is 11.0 Å². The summed E-state index contributed by atoms with van der Waals surface area (Å²) in [5.74, 6) is 1.15. The molecule has 3 saturated heterocycles. The van der Waals surface area contributed by atoms with Crippen molar-refractivity contribution in [1.82, 2.24) is 9.88 Å². The molecule has 5 heterocycles. The van der Waals surface area contributed by atoms with Gasteiger partial charge in [0.2, 0.25) is 5.76 Å². The Morgan fingerprint density at radius 3 is 2.67 bits per heavy atom. The van der Waals surface area contributed by atoms with Crippen LogP contribution in [0.2, 0.25) is 0 Å². The predicted molar refractivity (Wildman–Crippen MR) is 106 cm³/mol. The third-order valence-electron chi connectivity index (χ3n) is 6.36. The monoisotopic (exact) mass is 430 g/mol. The third-order valence-corrected chi connectivity index (χ3v) is 7.17. The maximum absolute atomic E-state index is 9.02. The van der Waals surface area contributed by atoms with Crippen molar-refractivity contribution < 1.29 is 9.15 Å². The lowest BCUT2D eigenvalue weighted by Crippen LogP contribution is -2.58. The first kappa shape index (κ1) is 17.5. The third kappa shape index (κ3) is 3.24. The molecule has 0 amide bonds. The van der Waals surface area contributed by atoms with Gasteiger partial charge in [0, 0.05) is 36.1 Å². The molecule has 2 bridgehead atoms. The van der Waals surface area contributed by atoms with E-state index >= 15 is 0 Å². The van der Waals surface area contributed by atoms with Crippen molar-refractivity contribution in [2.45, 2.75) is 62.8 Å². The number of nitrogens with zero attached hydrogens (tertiary/aromatic N) is 3. The second-order valence-corrected chi connectivity index (χ2v) is 8.75. The van der Waals surface area contributed by atoms with Gasteiger partial charge in [0.15, 0.2) is 5.58 Å². The zero-order chi connectivity index (χ0) is 18.4. The Hall–Kier alpha value is -1.62. The van der Waals surface area contributed by atoms with Gasteiger partial charge in [0.1, 0.15) is 11.9 Å². The summed E-state index contributed by atoms with van der Waals surface area (Å²) in [4.78, 5) is 7.23. The molecule has 2 unspecified atom stereocenters. The molecule has 4 fully saturated rings. The number of pyridine rings is 1. The van der Waals surface area contributed by atoms with E-state index in [1.165, 1.54) is 25.7 Å². The number of aromatic nitrogens is 1. The van der Waals surface area contributed by atoms with Crippen LogP contribution in [0.5, 0.6) is 0 Å². The van der Waals surface area contributed by atoms with E-state index in [2.05, 4.69) is 31.1 Å². The summed E-state index contributed by atoms with van der Waals surface area (Å²) < 4.78 is 12.2. The number of nitrogens with one attached hydrogen (secondary N) is 1. The molecule has 142 valence electrons. The van der Waals surface area contributed by atoms with Crippen LogP contribution in [0.4, 0.5) is 5.82 Å². The molecule has 0 radical (unpaired) electrons. The molecule has 1 saturated carbocycles. The number of hydrogen-bond acceptors (Lipinski definition) is 6. The molecule has 7 heteroatoms. The summed E-state index contributed by atoms with van der Waals surface area (Å²) in [7, 11) is 0. The fraction of sp³-hybridized carbons (Fsp3) is 0.600. The second kappa shape index (κ2) is 7.08. The lowest BCUT2D eigenvalue weighted by molar-refractivity contribution is -0.123. The number of anilines is 1. The number of piperidine rings is 1. The molecule has 2 atom stereocenters. The summed E-state index contributed by atoms with van der Waals surface area (Å²) in [6.45, 7) is 2.05. The van der Waals surface area contributed by atoms with Crippen LogP contribution >= 0.6 is 15.9 Å². The standard InChI is InChI=1S/C20H23BrN4O2/c21-19-17-7-16(8-22)27-18(17)9-23-20(19)24-12-1-3-13(4-2-12)25-10-15-6-5-14(25)11-26-15/h7,9,12-15H,1-6,10-11H2,(H,23,24). The van der Waals surface area contributed by atoms with E-state index in [0.29, 0.717) is 35.6 Å². The minimum absolute atomic E-state index is 0.310. The Morgan fingerprint density at radius 1 is 1.19 bits per heavy atom. The van der Waals surface area contributed by atoms with Crippen molar-refractivity contribution >= 4 is 32.7 Å². The highest BCUT2D eigenvalue weighted by Gasteiger charge is 2.39. The number of furan rings is 1. The Balaban J connectivity index is 1.24. The molecule has 4 aliphatic rings. The first-order valence-corrected chi connectivity index (χ1v) is 10.6. The van der Waals surface area contributed by atoms with Crippen LogP contribution in [-0.2, 0) is 4.74 Å². The number of fused-ring (bicyclic) bond motifs is 4. The summed E-state index contributed by atoms with van der Waals surface area (Å²) >= 11 is 3.63. The Morgan fingerprint density at radius 2 is 2.00 bits per heavy atom. The molecule has 2 aromatic rings. The fourth-order valence-electron chi connectivity index (χ4n) is 4.91. The number of halogens is 1. The average molecular weight is 431 g/mol. The molecular weight excluding hydrogens is 408 g/mol. The van der Waals surface area contributed by atoms with E-state index in [1.807, 2.05) is 6.07 Å². The second-order valence-electron chi connectivity index (χ2n) is 7.95. The van der Waals surface area contributed by atoms with Crippen LogP contribution in [0, 0.1) is 11.3 Å². The molecule has 0 aromatic carbocycles. The quantitative estimate of drug-likeness (QED) is 0.791. The molecule has 1 aliphatic carbocycles. The summed E-state index contributed by atoms with van der Waals surface area (Å²) in [5, 5.41) is 13.5. The van der Waals surface area contributed by atoms with Gasteiger partial charge < -0.3 is 14.5 Å². The van der Waals surface area contributed by atoms with Crippen LogP contribution in [0.1, 0.15) is 44.3 Å². The largest absolute Gasteiger partial charge is 0.444 e. The maximum atomic E-state index is 9.02. The van der Waals surface area contributed by atoms with E-state index in [-0.39, 0.29) is 0 Å². The minimum Gasteiger partial charge on any atom is -0.444 e.